The van der Waals surface area contributed by atoms with E-state index in [4.69, 9.17) is 15.3 Å². The van der Waals surface area contributed by atoms with Gasteiger partial charge in [-0.2, -0.15) is 10.1 Å². The van der Waals surface area contributed by atoms with Crippen molar-refractivity contribution in [3.8, 4) is 5.75 Å². The van der Waals surface area contributed by atoms with Gasteiger partial charge < -0.3 is 24.8 Å². The standard InChI is InChI=1S/C22H34N6O4/c1-4-31-22(30)28(23)21-11-10-18(25-26-21)14-24-12-7-13-27(3)15-19(29)16-32-20-9-6-5-8-17(20)2/h5-6,8-11,19,24,29H,4,7,12-16,23H2,1-3H3. The van der Waals surface area contributed by atoms with Gasteiger partial charge in [0.1, 0.15) is 18.5 Å². The predicted molar refractivity (Wildman–Crippen MR) is 122 cm³/mol. The van der Waals surface area contributed by atoms with Crippen molar-refractivity contribution in [1.29, 1.82) is 0 Å². The van der Waals surface area contributed by atoms with Crippen LogP contribution in [0.3, 0.4) is 0 Å². The Morgan fingerprint density at radius 1 is 1.25 bits per heavy atom. The number of hydrogen-bond acceptors (Lipinski definition) is 9. The number of nitrogens with one attached hydrogen (secondary N) is 1. The Morgan fingerprint density at radius 2 is 2.03 bits per heavy atom. The Bertz CT molecular complexity index is 820. The first-order chi connectivity index (χ1) is 15.4. The van der Waals surface area contributed by atoms with Gasteiger partial charge in [-0.05, 0) is 64.2 Å². The number of nitrogens with two attached hydrogens (primary N) is 1. The molecule has 0 aliphatic rings. The van der Waals surface area contributed by atoms with Crippen molar-refractivity contribution in [3.05, 3.63) is 47.7 Å². The number of benzene rings is 1. The van der Waals surface area contributed by atoms with Crippen LogP contribution in [-0.2, 0) is 11.3 Å². The Balaban J connectivity index is 1.60. The minimum Gasteiger partial charge on any atom is -0.491 e. The van der Waals surface area contributed by atoms with Gasteiger partial charge in [0.2, 0.25) is 0 Å². The van der Waals surface area contributed by atoms with E-state index in [2.05, 4.69) is 20.4 Å². The second-order valence-electron chi connectivity index (χ2n) is 7.47. The molecule has 10 heteroatoms. The second kappa shape index (κ2) is 13.6. The summed E-state index contributed by atoms with van der Waals surface area (Å²) in [4.78, 5) is 13.7. The van der Waals surface area contributed by atoms with Crippen molar-refractivity contribution in [2.75, 3.05) is 44.9 Å². The maximum Gasteiger partial charge on any atom is 0.430 e. The summed E-state index contributed by atoms with van der Waals surface area (Å²) < 4.78 is 10.5. The molecule has 2 rings (SSSR count). The Labute approximate surface area is 189 Å². The number of hydrogen-bond donors (Lipinski definition) is 3. The number of carbonyl (C=O) groups excluding carboxylic acids is 1. The van der Waals surface area contributed by atoms with Crippen molar-refractivity contribution in [2.45, 2.75) is 32.9 Å². The van der Waals surface area contributed by atoms with Crippen molar-refractivity contribution >= 4 is 11.9 Å². The van der Waals surface area contributed by atoms with Crippen LogP contribution in [-0.4, -0.2) is 72.3 Å². The van der Waals surface area contributed by atoms with Crippen molar-refractivity contribution in [2.24, 2.45) is 5.84 Å². The molecule has 0 radical (unpaired) electrons. The summed E-state index contributed by atoms with van der Waals surface area (Å²) in [7, 11) is 1.98. The first kappa shape index (κ1) is 25.5. The van der Waals surface area contributed by atoms with Crippen molar-refractivity contribution < 1.29 is 19.4 Å². The van der Waals surface area contributed by atoms with Gasteiger partial charge in [-0.1, -0.05) is 18.2 Å². The number of aryl methyl sites for hydroxylation is 1. The minimum absolute atomic E-state index is 0.221. The number of nitrogens with zero attached hydrogens (tertiary/aromatic N) is 4. The summed E-state index contributed by atoms with van der Waals surface area (Å²) in [5, 5.41) is 22.4. The fourth-order valence-corrected chi connectivity index (χ4v) is 2.96. The van der Waals surface area contributed by atoms with Crippen LogP contribution in [0.25, 0.3) is 0 Å². The molecule has 10 nitrogen and oxygen atoms in total. The topological polar surface area (TPSA) is 126 Å². The first-order valence-electron chi connectivity index (χ1n) is 10.7. The van der Waals surface area contributed by atoms with Gasteiger partial charge >= 0.3 is 6.09 Å². The largest absolute Gasteiger partial charge is 0.491 e. The normalized spacial score (nSPS) is 11.9. The number of aromatic nitrogens is 2. The summed E-state index contributed by atoms with van der Waals surface area (Å²) >= 11 is 0. The zero-order valence-corrected chi connectivity index (χ0v) is 19.0. The average Bonchev–Trinajstić information content (AvgIpc) is 2.78. The Morgan fingerprint density at radius 3 is 2.72 bits per heavy atom. The molecule has 1 aromatic heterocycles. The molecule has 32 heavy (non-hydrogen) atoms. The van der Waals surface area contributed by atoms with Crippen LogP contribution >= 0.6 is 0 Å². The molecule has 176 valence electrons. The maximum absolute atomic E-state index is 11.6. The molecular weight excluding hydrogens is 412 g/mol. The molecule has 0 aliphatic heterocycles. The monoisotopic (exact) mass is 446 g/mol. The molecule has 0 spiro atoms. The first-order valence-corrected chi connectivity index (χ1v) is 10.7. The van der Waals surface area contributed by atoms with Gasteiger partial charge in [0.05, 0.1) is 12.3 Å². The summed E-state index contributed by atoms with van der Waals surface area (Å²) in [6, 6.07) is 11.1. The molecular formula is C22H34N6O4. The van der Waals surface area contributed by atoms with Crippen LogP contribution in [0, 0.1) is 6.92 Å². The van der Waals surface area contributed by atoms with E-state index < -0.39 is 12.2 Å². The van der Waals surface area contributed by atoms with Gasteiger partial charge in [0.15, 0.2) is 5.82 Å². The zero-order chi connectivity index (χ0) is 23.3. The number of aliphatic hydroxyl groups is 1. The van der Waals surface area contributed by atoms with Crippen LogP contribution in [0.2, 0.25) is 0 Å². The van der Waals surface area contributed by atoms with E-state index in [0.29, 0.717) is 13.1 Å². The highest BCUT2D eigenvalue weighted by Gasteiger charge is 2.14. The van der Waals surface area contributed by atoms with Crippen LogP contribution in [0.1, 0.15) is 24.6 Å². The highest BCUT2D eigenvalue weighted by atomic mass is 16.6. The van der Waals surface area contributed by atoms with E-state index in [1.54, 1.807) is 19.1 Å². The molecule has 4 N–H and O–H groups in total. The van der Waals surface area contributed by atoms with Crippen LogP contribution in [0.15, 0.2) is 36.4 Å². The molecule has 0 aliphatic carbocycles. The summed E-state index contributed by atoms with van der Waals surface area (Å²) in [6.45, 7) is 6.89. The molecule has 1 heterocycles. The summed E-state index contributed by atoms with van der Waals surface area (Å²) in [6.07, 6.45) is -0.325. The van der Waals surface area contributed by atoms with Gasteiger partial charge in [-0.25, -0.2) is 10.6 Å². The molecule has 1 aromatic carbocycles. The van der Waals surface area contributed by atoms with E-state index in [1.165, 1.54) is 0 Å². The van der Waals surface area contributed by atoms with Gasteiger partial charge in [0.25, 0.3) is 0 Å². The lowest BCUT2D eigenvalue weighted by Crippen LogP contribution is -2.38. The summed E-state index contributed by atoms with van der Waals surface area (Å²) in [5.41, 5.74) is 1.79. The third-order valence-electron chi connectivity index (χ3n) is 4.66. The van der Waals surface area contributed by atoms with Gasteiger partial charge in [-0.3, -0.25) is 0 Å². The number of hydrazine groups is 1. The van der Waals surface area contributed by atoms with Gasteiger partial charge in [-0.15, -0.1) is 5.10 Å². The Hall–Kier alpha value is -2.79. The molecule has 0 saturated carbocycles. The molecule has 0 fully saturated rings. The molecule has 1 amide bonds. The third kappa shape index (κ3) is 8.75. The lowest BCUT2D eigenvalue weighted by molar-refractivity contribution is 0.0758. The molecule has 0 bridgehead atoms. The fraction of sp³-hybridized carbons (Fsp3) is 0.500. The van der Waals surface area contributed by atoms with E-state index in [1.807, 2.05) is 38.2 Å². The lowest BCUT2D eigenvalue weighted by Gasteiger charge is -2.21. The summed E-state index contributed by atoms with van der Waals surface area (Å²) in [5.74, 6) is 6.66. The number of para-hydroxylation sites is 1. The number of likely N-dealkylation sites (N-methyl/N-ethyl adjacent to an activating group) is 1. The molecule has 1 atom stereocenters. The van der Waals surface area contributed by atoms with Crippen LogP contribution < -0.4 is 20.9 Å². The number of anilines is 1. The fourth-order valence-electron chi connectivity index (χ4n) is 2.96. The number of aliphatic hydroxyl groups excluding tert-OH is 1. The number of carbonyl (C=O) groups is 1. The number of rotatable bonds is 13. The van der Waals surface area contributed by atoms with E-state index in [9.17, 15) is 9.90 Å². The Kier molecular flexibility index (Phi) is 10.8. The quantitative estimate of drug-likeness (QED) is 0.181. The van der Waals surface area contributed by atoms with E-state index >= 15 is 0 Å². The second-order valence-corrected chi connectivity index (χ2v) is 7.47. The highest BCUT2D eigenvalue weighted by Crippen LogP contribution is 2.16. The average molecular weight is 447 g/mol. The lowest BCUT2D eigenvalue weighted by atomic mass is 10.2. The zero-order valence-electron chi connectivity index (χ0n) is 19.0. The maximum atomic E-state index is 11.6. The van der Waals surface area contributed by atoms with Gasteiger partial charge in [0, 0.05) is 13.1 Å². The number of amides is 1. The third-order valence-corrected chi connectivity index (χ3v) is 4.66. The van der Waals surface area contributed by atoms with Crippen molar-refractivity contribution in [1.82, 2.24) is 20.4 Å². The smallest absolute Gasteiger partial charge is 0.430 e. The minimum atomic E-state index is -0.677. The SMILES string of the molecule is CCOC(=O)N(N)c1ccc(CNCCCN(C)CC(O)COc2ccccc2C)nn1. The number of ether oxygens (including phenoxy) is 2. The van der Waals surface area contributed by atoms with Crippen LogP contribution in [0.4, 0.5) is 10.6 Å². The predicted octanol–water partition coefficient (Wildman–Crippen LogP) is 1.47. The molecule has 2 aromatic rings. The van der Waals surface area contributed by atoms with Crippen molar-refractivity contribution in [3.63, 3.8) is 0 Å². The highest BCUT2D eigenvalue weighted by molar-refractivity contribution is 5.84. The van der Waals surface area contributed by atoms with E-state index in [-0.39, 0.29) is 19.0 Å². The molecule has 1 unspecified atom stereocenters. The molecule has 0 saturated heterocycles. The van der Waals surface area contributed by atoms with E-state index in [0.717, 1.165) is 41.5 Å². The van der Waals surface area contributed by atoms with Crippen LogP contribution in [0.5, 0.6) is 5.75 Å².